The van der Waals surface area contributed by atoms with Gasteiger partial charge in [-0.05, 0) is 46.0 Å². The van der Waals surface area contributed by atoms with Gasteiger partial charge in [-0.25, -0.2) is 10.3 Å². The molecule has 10 nitrogen and oxygen atoms in total. The molecule has 224 valence electrons. The minimum atomic E-state index is -1.20. The van der Waals surface area contributed by atoms with E-state index >= 15 is 0 Å². The summed E-state index contributed by atoms with van der Waals surface area (Å²) >= 11 is 5.97. The lowest BCUT2D eigenvalue weighted by Gasteiger charge is -2.52. The molecule has 4 aliphatic rings. The summed E-state index contributed by atoms with van der Waals surface area (Å²) in [5.74, 6) is -3.36. The molecule has 0 aromatic heterocycles. The molecule has 11 heteroatoms. The topological polar surface area (TPSA) is 131 Å². The number of nitrogens with one attached hydrogen (secondary N) is 1. The lowest BCUT2D eigenvalue weighted by molar-refractivity contribution is -0.384. The molecule has 0 radical (unpaired) electrons. The van der Waals surface area contributed by atoms with Gasteiger partial charge in [0.15, 0.2) is 0 Å². The quantitative estimate of drug-likeness (QED) is 0.132. The normalized spacial score (nSPS) is 22.6. The second kappa shape index (κ2) is 10.7. The van der Waals surface area contributed by atoms with E-state index in [1.165, 1.54) is 25.3 Å². The van der Waals surface area contributed by atoms with Crippen LogP contribution in [0.1, 0.15) is 33.7 Å². The number of carbonyl (C=O) groups is 3. The molecule has 4 aromatic carbocycles. The second-order valence-electron chi connectivity index (χ2n) is 11.2. The van der Waals surface area contributed by atoms with Crippen molar-refractivity contribution in [2.24, 2.45) is 16.9 Å². The van der Waals surface area contributed by atoms with Crippen molar-refractivity contribution in [3.63, 3.8) is 0 Å². The van der Waals surface area contributed by atoms with E-state index in [0.29, 0.717) is 5.02 Å². The summed E-state index contributed by atoms with van der Waals surface area (Å²) in [6, 6.07) is 26.1. The van der Waals surface area contributed by atoms with Crippen LogP contribution in [-0.2, 0) is 26.2 Å². The average Bonchev–Trinajstić information content (AvgIpc) is 3.32. The van der Waals surface area contributed by atoms with Crippen molar-refractivity contribution in [1.29, 1.82) is 0 Å². The molecule has 2 atom stereocenters. The summed E-state index contributed by atoms with van der Waals surface area (Å²) in [5.41, 5.74) is 5.51. The highest BCUT2D eigenvalue weighted by Crippen LogP contribution is 2.64. The first-order chi connectivity index (χ1) is 21.8. The van der Waals surface area contributed by atoms with Gasteiger partial charge in [0, 0.05) is 23.2 Å². The molecule has 1 heterocycles. The molecule has 0 saturated carbocycles. The Hall–Kier alpha value is -5.35. The van der Waals surface area contributed by atoms with Gasteiger partial charge in [0.25, 0.3) is 5.69 Å². The fourth-order valence-corrected chi connectivity index (χ4v) is 7.41. The SMILES string of the molecule is COc1cc([N+](=O)[O-])ccc1N1C(=O)[C@@H]2[C@@H](C1=O)C1c3ccccc3C2(/C=N\NC(=O)Cc2ccc(Cl)cc2)c2ccccc21. The smallest absolute Gasteiger partial charge is 0.273 e. The molecule has 2 bridgehead atoms. The van der Waals surface area contributed by atoms with Gasteiger partial charge >= 0.3 is 0 Å². The fraction of sp³-hybridized carbons (Fsp3) is 0.176. The van der Waals surface area contributed by atoms with Crippen molar-refractivity contribution in [3.05, 3.63) is 134 Å². The van der Waals surface area contributed by atoms with Crippen molar-refractivity contribution in [1.82, 2.24) is 5.43 Å². The fourth-order valence-electron chi connectivity index (χ4n) is 7.29. The van der Waals surface area contributed by atoms with Crippen LogP contribution in [-0.4, -0.2) is 36.0 Å². The number of nitro groups is 1. The van der Waals surface area contributed by atoms with Gasteiger partial charge in [0.05, 0.1) is 47.5 Å². The molecule has 1 fully saturated rings. The number of imide groups is 1. The van der Waals surface area contributed by atoms with Crippen molar-refractivity contribution in [2.45, 2.75) is 17.8 Å². The van der Waals surface area contributed by atoms with Crippen LogP contribution in [0, 0.1) is 22.0 Å². The van der Waals surface area contributed by atoms with Crippen LogP contribution in [0.3, 0.4) is 0 Å². The monoisotopic (exact) mass is 620 g/mol. The van der Waals surface area contributed by atoms with Crippen molar-refractivity contribution in [2.75, 3.05) is 12.0 Å². The Balaban J connectivity index is 1.35. The highest BCUT2D eigenvalue weighted by atomic mass is 35.5. The highest BCUT2D eigenvalue weighted by molar-refractivity contribution is 6.30. The number of ether oxygens (including phenoxy) is 1. The second-order valence-corrected chi connectivity index (χ2v) is 11.7. The van der Waals surface area contributed by atoms with Gasteiger partial charge in [-0.15, -0.1) is 0 Å². The number of methoxy groups -OCH3 is 1. The lowest BCUT2D eigenvalue weighted by Crippen LogP contribution is -2.54. The van der Waals surface area contributed by atoms with Crippen molar-refractivity contribution in [3.8, 4) is 5.75 Å². The number of halogens is 1. The van der Waals surface area contributed by atoms with Crippen LogP contribution in [0.2, 0.25) is 5.02 Å². The van der Waals surface area contributed by atoms with E-state index in [1.807, 2.05) is 48.5 Å². The third-order valence-electron chi connectivity index (χ3n) is 9.03. The Morgan fingerprint density at radius 2 is 1.64 bits per heavy atom. The minimum Gasteiger partial charge on any atom is -0.494 e. The molecule has 3 aliphatic carbocycles. The number of amides is 3. The zero-order chi connectivity index (χ0) is 31.5. The number of non-ortho nitro benzene ring substituents is 1. The van der Waals surface area contributed by atoms with Crippen LogP contribution in [0.25, 0.3) is 0 Å². The zero-order valence-electron chi connectivity index (χ0n) is 23.8. The predicted molar refractivity (Wildman–Crippen MR) is 166 cm³/mol. The lowest BCUT2D eigenvalue weighted by atomic mass is 9.47. The van der Waals surface area contributed by atoms with E-state index in [9.17, 15) is 24.5 Å². The van der Waals surface area contributed by atoms with Crippen LogP contribution in [0.4, 0.5) is 11.4 Å². The zero-order valence-corrected chi connectivity index (χ0v) is 24.6. The van der Waals surface area contributed by atoms with Crippen LogP contribution < -0.4 is 15.1 Å². The summed E-state index contributed by atoms with van der Waals surface area (Å²) in [4.78, 5) is 53.8. The molecule has 0 spiro atoms. The standard InChI is InChI=1S/C34H25ClN4O6/c1-45-27-17-21(39(43)44)14-15-26(27)38-32(41)30-29-22-6-2-4-8-24(22)34(31(30)33(38)42,25-9-5-3-7-23(25)29)18-36-37-28(40)16-19-10-12-20(35)13-11-19/h2-15,17-18,29-31H,16H2,1H3,(H,37,40)/b36-18-/t29?,30-,31-,34?/m0/s1. The number of hydrazone groups is 1. The van der Waals surface area contributed by atoms with Gasteiger partial charge in [0.2, 0.25) is 17.7 Å². The average molecular weight is 621 g/mol. The number of nitrogens with zero attached hydrogens (tertiary/aromatic N) is 3. The maximum absolute atomic E-state index is 14.6. The van der Waals surface area contributed by atoms with Crippen LogP contribution >= 0.6 is 11.6 Å². The molecular formula is C34H25ClN4O6. The number of nitro benzene ring substituents is 1. The van der Waals surface area contributed by atoms with Gasteiger partial charge in [-0.2, -0.15) is 5.10 Å². The third-order valence-corrected chi connectivity index (χ3v) is 9.29. The van der Waals surface area contributed by atoms with Gasteiger partial charge < -0.3 is 4.74 Å². The first-order valence-corrected chi connectivity index (χ1v) is 14.6. The Labute approximate surface area is 262 Å². The van der Waals surface area contributed by atoms with E-state index in [1.54, 1.807) is 30.5 Å². The van der Waals surface area contributed by atoms with Crippen molar-refractivity contribution < 1.29 is 24.0 Å². The Morgan fingerprint density at radius 1 is 1.00 bits per heavy atom. The van der Waals surface area contributed by atoms with Gasteiger partial charge in [-0.1, -0.05) is 72.3 Å². The molecule has 1 saturated heterocycles. The summed E-state index contributed by atoms with van der Waals surface area (Å²) in [5, 5.41) is 16.4. The van der Waals surface area contributed by atoms with E-state index in [0.717, 1.165) is 32.7 Å². The van der Waals surface area contributed by atoms with Gasteiger partial charge in [0.1, 0.15) is 5.75 Å². The molecule has 1 aliphatic heterocycles. The van der Waals surface area contributed by atoms with Gasteiger partial charge in [-0.3, -0.25) is 24.5 Å². The number of anilines is 1. The number of rotatable bonds is 7. The van der Waals surface area contributed by atoms with E-state index < -0.39 is 39.9 Å². The minimum absolute atomic E-state index is 0.0316. The maximum atomic E-state index is 14.6. The Bertz CT molecular complexity index is 1890. The van der Waals surface area contributed by atoms with E-state index in [-0.39, 0.29) is 29.5 Å². The summed E-state index contributed by atoms with van der Waals surface area (Å²) in [6.07, 6.45) is 1.65. The summed E-state index contributed by atoms with van der Waals surface area (Å²) < 4.78 is 5.43. The Kier molecular flexibility index (Phi) is 6.74. The first kappa shape index (κ1) is 28.4. The number of hydrogen-bond acceptors (Lipinski definition) is 7. The third kappa shape index (κ3) is 4.24. The van der Waals surface area contributed by atoms with Crippen LogP contribution in [0.15, 0.2) is 96.1 Å². The largest absolute Gasteiger partial charge is 0.494 e. The predicted octanol–water partition coefficient (Wildman–Crippen LogP) is 5.15. The Morgan fingerprint density at radius 3 is 2.27 bits per heavy atom. The number of benzene rings is 4. The van der Waals surface area contributed by atoms with Crippen molar-refractivity contribution >= 4 is 46.9 Å². The molecule has 1 N–H and O–H groups in total. The summed E-state index contributed by atoms with van der Waals surface area (Å²) in [6.45, 7) is 0. The van der Waals surface area contributed by atoms with E-state index in [2.05, 4.69) is 10.5 Å². The molecule has 3 amide bonds. The van der Waals surface area contributed by atoms with E-state index in [4.69, 9.17) is 16.3 Å². The molecular weight excluding hydrogens is 596 g/mol. The first-order valence-electron chi connectivity index (χ1n) is 14.2. The van der Waals surface area contributed by atoms with Crippen LogP contribution in [0.5, 0.6) is 5.75 Å². The number of carbonyl (C=O) groups excluding carboxylic acids is 3. The maximum Gasteiger partial charge on any atom is 0.273 e. The summed E-state index contributed by atoms with van der Waals surface area (Å²) in [7, 11) is 1.33. The highest BCUT2D eigenvalue weighted by Gasteiger charge is 2.68. The molecule has 0 unspecified atom stereocenters. The molecule has 4 aromatic rings. The molecule has 8 rings (SSSR count). The number of hydrogen-bond donors (Lipinski definition) is 1. The molecule has 45 heavy (non-hydrogen) atoms.